The number of nitrogens with one attached hydrogen (secondary N) is 3. The molecular formula is C24H25N5O3S. The van der Waals surface area contributed by atoms with Gasteiger partial charge in [-0.1, -0.05) is 31.7 Å². The topological polar surface area (TPSA) is 113 Å². The molecule has 0 unspecified atom stereocenters. The van der Waals surface area contributed by atoms with Gasteiger partial charge in [-0.25, -0.2) is 18.4 Å². The summed E-state index contributed by atoms with van der Waals surface area (Å²) in [6.07, 6.45) is 0.525. The number of anilines is 4. The molecule has 0 saturated carbocycles. The first-order valence-electron chi connectivity index (χ1n) is 9.80. The van der Waals surface area contributed by atoms with Crippen LogP contribution in [0.25, 0.3) is 11.0 Å². The van der Waals surface area contributed by atoms with Crippen LogP contribution in [0.2, 0.25) is 0 Å². The second-order valence-electron chi connectivity index (χ2n) is 7.17. The monoisotopic (exact) mass is 463 g/mol. The predicted molar refractivity (Wildman–Crippen MR) is 132 cm³/mol. The van der Waals surface area contributed by atoms with Gasteiger partial charge < -0.3 is 10.6 Å². The maximum Gasteiger partial charge on any atom is 0.263 e. The van der Waals surface area contributed by atoms with Gasteiger partial charge in [-0.15, -0.1) is 0 Å². The molecule has 9 heteroatoms. The molecule has 170 valence electrons. The van der Waals surface area contributed by atoms with Crippen LogP contribution >= 0.6 is 0 Å². The lowest BCUT2D eigenvalue weighted by Crippen LogP contribution is -2.16. The zero-order chi connectivity index (χ0) is 22.7. The Hall–Kier alpha value is -3.98. The number of carbonyl (C=O) groups excluding carboxylic acids is 1. The maximum absolute atomic E-state index is 13.0. The van der Waals surface area contributed by atoms with E-state index in [1.54, 1.807) is 6.07 Å². The maximum atomic E-state index is 13.0. The van der Waals surface area contributed by atoms with Crippen LogP contribution in [0.5, 0.6) is 0 Å². The second-order valence-corrected chi connectivity index (χ2v) is 8.86. The molecule has 0 saturated heterocycles. The Labute approximate surface area is 193 Å². The van der Waals surface area contributed by atoms with Gasteiger partial charge in [0.2, 0.25) is 6.41 Å². The number of aryl methyl sites for hydroxylation is 1. The van der Waals surface area contributed by atoms with Gasteiger partial charge in [-0.3, -0.25) is 9.52 Å². The number of amides is 1. The van der Waals surface area contributed by atoms with Crippen molar-refractivity contribution in [2.45, 2.75) is 26.2 Å². The Kier molecular flexibility index (Phi) is 6.93. The summed E-state index contributed by atoms with van der Waals surface area (Å²) in [5.74, 6) is 0.375. The van der Waals surface area contributed by atoms with Crippen molar-refractivity contribution < 1.29 is 13.2 Å². The summed E-state index contributed by atoms with van der Waals surface area (Å²) >= 11 is 0. The molecule has 3 aromatic carbocycles. The zero-order valence-corrected chi connectivity index (χ0v) is 18.3. The fourth-order valence-corrected chi connectivity index (χ4v) is 4.17. The number of hydrogen-bond donors (Lipinski definition) is 3. The van der Waals surface area contributed by atoms with Crippen LogP contribution in [0.3, 0.4) is 0 Å². The van der Waals surface area contributed by atoms with Crippen LogP contribution in [-0.2, 0) is 14.8 Å². The molecule has 0 bridgehead atoms. The highest BCUT2D eigenvalue weighted by molar-refractivity contribution is 7.92. The number of sulfonamides is 1. The summed E-state index contributed by atoms with van der Waals surface area (Å²) in [6, 6.07) is 18.9. The number of fused-ring (bicyclic) bond motifs is 1. The van der Waals surface area contributed by atoms with Crippen molar-refractivity contribution in [3.8, 4) is 0 Å². The molecule has 0 radical (unpaired) electrons. The lowest BCUT2D eigenvalue weighted by Gasteiger charge is -2.16. The predicted octanol–water partition coefficient (Wildman–Crippen LogP) is 5.00. The first-order valence-corrected chi connectivity index (χ1v) is 11.3. The zero-order valence-electron chi connectivity index (χ0n) is 17.5. The minimum absolute atomic E-state index is 0. The Bertz CT molecular complexity index is 1400. The van der Waals surface area contributed by atoms with Crippen molar-refractivity contribution in [1.29, 1.82) is 0 Å². The summed E-state index contributed by atoms with van der Waals surface area (Å²) in [7, 11) is -3.96. The van der Waals surface area contributed by atoms with Gasteiger partial charge in [0.15, 0.2) is 11.6 Å². The number of carbonyl (C=O) groups is 1. The van der Waals surface area contributed by atoms with Crippen LogP contribution in [0.4, 0.5) is 23.0 Å². The van der Waals surface area contributed by atoms with Crippen LogP contribution in [0.1, 0.15) is 18.6 Å². The van der Waals surface area contributed by atoms with E-state index in [0.29, 0.717) is 28.9 Å². The van der Waals surface area contributed by atoms with E-state index in [9.17, 15) is 13.2 Å². The van der Waals surface area contributed by atoms with Crippen LogP contribution in [0.15, 0.2) is 71.6 Å². The molecule has 0 aliphatic carbocycles. The van der Waals surface area contributed by atoms with Crippen molar-refractivity contribution >= 4 is 50.5 Å². The number of benzene rings is 3. The normalized spacial score (nSPS) is 10.8. The largest absolute Gasteiger partial charge is 0.337 e. The summed E-state index contributed by atoms with van der Waals surface area (Å²) in [6.45, 7) is 3.98. The minimum Gasteiger partial charge on any atom is -0.337 e. The van der Waals surface area contributed by atoms with Crippen molar-refractivity contribution in [2.24, 2.45) is 0 Å². The molecule has 4 aromatic rings. The van der Waals surface area contributed by atoms with Gasteiger partial charge in [-0.05, 0) is 67.4 Å². The minimum atomic E-state index is -3.96. The summed E-state index contributed by atoms with van der Waals surface area (Å²) in [5.41, 5.74) is 4.60. The average Bonchev–Trinajstić information content (AvgIpc) is 2.77. The van der Waals surface area contributed by atoms with Crippen LogP contribution in [-0.4, -0.2) is 24.8 Å². The smallest absolute Gasteiger partial charge is 0.263 e. The third kappa shape index (κ3) is 5.09. The van der Waals surface area contributed by atoms with Gasteiger partial charge >= 0.3 is 0 Å². The molecule has 1 aromatic heterocycles. The molecule has 3 N–H and O–H groups in total. The molecule has 33 heavy (non-hydrogen) atoms. The van der Waals surface area contributed by atoms with E-state index in [4.69, 9.17) is 0 Å². The summed E-state index contributed by atoms with van der Waals surface area (Å²) in [4.78, 5) is 19.7. The van der Waals surface area contributed by atoms with E-state index in [1.165, 1.54) is 24.3 Å². The highest BCUT2D eigenvalue weighted by atomic mass is 32.2. The molecule has 0 atom stereocenters. The number of para-hydroxylation sites is 2. The fourth-order valence-electron chi connectivity index (χ4n) is 3.16. The van der Waals surface area contributed by atoms with Crippen LogP contribution < -0.4 is 15.4 Å². The number of aromatic nitrogens is 2. The van der Waals surface area contributed by atoms with Crippen molar-refractivity contribution in [2.75, 3.05) is 15.4 Å². The van der Waals surface area contributed by atoms with Gasteiger partial charge in [0, 0.05) is 11.4 Å². The third-order valence-corrected chi connectivity index (χ3v) is 6.40. The lowest BCUT2D eigenvalue weighted by atomic mass is 10.1. The highest BCUT2D eigenvalue weighted by Gasteiger charge is 2.19. The molecule has 1 amide bonds. The Morgan fingerprint density at radius 2 is 1.45 bits per heavy atom. The Balaban J connectivity index is 0.00000306. The Morgan fingerprint density at radius 3 is 2.09 bits per heavy atom. The number of hydrogen-bond acceptors (Lipinski definition) is 6. The summed E-state index contributed by atoms with van der Waals surface area (Å²) < 4.78 is 28.6. The standard InChI is InChI=1S/C23H21N5O3S.CH4/c1-15-6-5-9-19(16(15)2)25-22-23(27-21-8-4-3-7-20(21)26-22)28-32(30,31)18-12-10-17(11-13-18)24-14-29;/h3-14H,1-2H3,(H,24,29)(H,25,26)(H,27,28);1H4. The van der Waals surface area contributed by atoms with Gasteiger partial charge in [0.1, 0.15) is 0 Å². The SMILES string of the molecule is C.Cc1cccc(Nc2nc3ccccc3nc2NS(=O)(=O)c2ccc(NC=O)cc2)c1C. The highest BCUT2D eigenvalue weighted by Crippen LogP contribution is 2.29. The molecule has 0 spiro atoms. The molecule has 8 nitrogen and oxygen atoms in total. The lowest BCUT2D eigenvalue weighted by molar-refractivity contribution is -0.105. The third-order valence-electron chi connectivity index (χ3n) is 5.05. The van der Waals surface area contributed by atoms with E-state index in [2.05, 4.69) is 25.3 Å². The molecule has 1 heterocycles. The van der Waals surface area contributed by atoms with Gasteiger partial charge in [-0.2, -0.15) is 0 Å². The van der Waals surface area contributed by atoms with Gasteiger partial charge in [0.25, 0.3) is 10.0 Å². The van der Waals surface area contributed by atoms with E-state index < -0.39 is 10.0 Å². The van der Waals surface area contributed by atoms with E-state index in [1.807, 2.05) is 50.2 Å². The first kappa shape index (κ1) is 23.7. The number of nitrogens with zero attached hydrogens (tertiary/aromatic N) is 2. The second kappa shape index (κ2) is 9.66. The van der Waals surface area contributed by atoms with E-state index in [0.717, 1.165) is 16.8 Å². The molecule has 4 rings (SSSR count). The van der Waals surface area contributed by atoms with E-state index >= 15 is 0 Å². The van der Waals surface area contributed by atoms with Crippen LogP contribution in [0, 0.1) is 13.8 Å². The average molecular weight is 464 g/mol. The summed E-state index contributed by atoms with van der Waals surface area (Å²) in [5, 5.41) is 5.70. The van der Waals surface area contributed by atoms with Gasteiger partial charge in [0.05, 0.1) is 15.9 Å². The molecular weight excluding hydrogens is 438 g/mol. The first-order chi connectivity index (χ1) is 15.4. The van der Waals surface area contributed by atoms with E-state index in [-0.39, 0.29) is 18.1 Å². The fraction of sp³-hybridized carbons (Fsp3) is 0.125. The molecule has 0 fully saturated rings. The quantitative estimate of drug-likeness (QED) is 0.333. The van der Waals surface area contributed by atoms with Crippen molar-refractivity contribution in [3.63, 3.8) is 0 Å². The molecule has 0 aliphatic heterocycles. The Morgan fingerprint density at radius 1 is 0.818 bits per heavy atom. The van der Waals surface area contributed by atoms with Crippen molar-refractivity contribution in [1.82, 2.24) is 9.97 Å². The molecule has 0 aliphatic rings. The van der Waals surface area contributed by atoms with Crippen molar-refractivity contribution in [3.05, 3.63) is 77.9 Å². The number of rotatable bonds is 7.